The number of benzene rings is 2. The van der Waals surface area contributed by atoms with E-state index in [4.69, 9.17) is 4.74 Å². The third kappa shape index (κ3) is 3.51. The van der Waals surface area contributed by atoms with Crippen molar-refractivity contribution in [2.75, 3.05) is 0 Å². The van der Waals surface area contributed by atoms with Crippen molar-refractivity contribution in [2.45, 2.75) is 13.0 Å². The summed E-state index contributed by atoms with van der Waals surface area (Å²) in [4.78, 5) is 23.8. The van der Waals surface area contributed by atoms with Gasteiger partial charge >= 0.3 is 5.97 Å². The molecule has 0 unspecified atom stereocenters. The molecule has 0 aliphatic carbocycles. The van der Waals surface area contributed by atoms with Gasteiger partial charge in [0, 0.05) is 6.07 Å². The van der Waals surface area contributed by atoms with Crippen LogP contribution in [0.3, 0.4) is 0 Å². The SMILES string of the molecule is C[C@H](OC(=O)c1ccccc1)C(=O)c1ccc(F)cc1F. The molecule has 0 aliphatic rings. The van der Waals surface area contributed by atoms with Crippen LogP contribution in [-0.2, 0) is 4.74 Å². The van der Waals surface area contributed by atoms with Gasteiger partial charge in [-0.15, -0.1) is 0 Å². The molecule has 108 valence electrons. The van der Waals surface area contributed by atoms with Crippen molar-refractivity contribution < 1.29 is 23.1 Å². The Balaban J connectivity index is 2.11. The van der Waals surface area contributed by atoms with E-state index in [9.17, 15) is 18.4 Å². The molecule has 5 heteroatoms. The van der Waals surface area contributed by atoms with Crippen LogP contribution in [0.5, 0.6) is 0 Å². The van der Waals surface area contributed by atoms with E-state index in [0.717, 1.165) is 12.1 Å². The molecule has 1 atom stereocenters. The summed E-state index contributed by atoms with van der Waals surface area (Å²) in [6, 6.07) is 10.7. The third-order valence-electron chi connectivity index (χ3n) is 2.86. The second-order valence-electron chi connectivity index (χ2n) is 4.40. The van der Waals surface area contributed by atoms with Crippen molar-refractivity contribution in [3.63, 3.8) is 0 Å². The van der Waals surface area contributed by atoms with Crippen molar-refractivity contribution in [2.24, 2.45) is 0 Å². The van der Waals surface area contributed by atoms with Crippen molar-refractivity contribution in [1.82, 2.24) is 0 Å². The Morgan fingerprint density at radius 1 is 1.05 bits per heavy atom. The van der Waals surface area contributed by atoms with E-state index in [2.05, 4.69) is 0 Å². The van der Waals surface area contributed by atoms with E-state index in [-0.39, 0.29) is 11.1 Å². The number of ether oxygens (including phenoxy) is 1. The first kappa shape index (κ1) is 14.8. The van der Waals surface area contributed by atoms with Gasteiger partial charge in [0.2, 0.25) is 5.78 Å². The van der Waals surface area contributed by atoms with Gasteiger partial charge in [0.15, 0.2) is 6.10 Å². The van der Waals surface area contributed by atoms with Gasteiger partial charge in [-0.25, -0.2) is 13.6 Å². The smallest absolute Gasteiger partial charge is 0.338 e. The van der Waals surface area contributed by atoms with Gasteiger partial charge in [0.1, 0.15) is 11.6 Å². The summed E-state index contributed by atoms with van der Waals surface area (Å²) in [5.41, 5.74) is -0.0264. The maximum absolute atomic E-state index is 13.5. The molecular formula is C16H12F2O3. The van der Waals surface area contributed by atoms with Crippen molar-refractivity contribution >= 4 is 11.8 Å². The van der Waals surface area contributed by atoms with Crippen molar-refractivity contribution in [1.29, 1.82) is 0 Å². The maximum Gasteiger partial charge on any atom is 0.338 e. The lowest BCUT2D eigenvalue weighted by atomic mass is 10.1. The normalized spacial score (nSPS) is 11.8. The fraction of sp³-hybridized carbons (Fsp3) is 0.125. The van der Waals surface area contributed by atoms with Crippen LogP contribution in [0.4, 0.5) is 8.78 Å². The zero-order chi connectivity index (χ0) is 15.4. The minimum absolute atomic E-state index is 0.289. The Hall–Kier alpha value is -2.56. The molecule has 0 saturated heterocycles. The highest BCUT2D eigenvalue weighted by atomic mass is 19.1. The lowest BCUT2D eigenvalue weighted by Gasteiger charge is -2.12. The maximum atomic E-state index is 13.5. The average Bonchev–Trinajstić information content (AvgIpc) is 2.47. The number of hydrogen-bond acceptors (Lipinski definition) is 3. The highest BCUT2D eigenvalue weighted by molar-refractivity contribution is 6.01. The quantitative estimate of drug-likeness (QED) is 0.640. The molecule has 0 bridgehead atoms. The largest absolute Gasteiger partial charge is 0.451 e. The Kier molecular flexibility index (Phi) is 4.42. The second-order valence-corrected chi connectivity index (χ2v) is 4.40. The molecule has 2 rings (SSSR count). The minimum Gasteiger partial charge on any atom is -0.451 e. The van der Waals surface area contributed by atoms with Crippen LogP contribution in [0, 0.1) is 11.6 Å². The van der Waals surface area contributed by atoms with Gasteiger partial charge in [-0.3, -0.25) is 4.79 Å². The zero-order valence-electron chi connectivity index (χ0n) is 11.2. The molecule has 3 nitrogen and oxygen atoms in total. The highest BCUT2D eigenvalue weighted by Gasteiger charge is 2.23. The molecule has 0 heterocycles. The molecule has 0 aliphatic heterocycles. The Bertz CT molecular complexity index is 668. The Labute approximate surface area is 120 Å². The first-order valence-electron chi connectivity index (χ1n) is 6.24. The van der Waals surface area contributed by atoms with Crippen molar-refractivity contribution in [3.8, 4) is 0 Å². The van der Waals surface area contributed by atoms with Crippen LogP contribution >= 0.6 is 0 Å². The monoisotopic (exact) mass is 290 g/mol. The van der Waals surface area contributed by atoms with Gasteiger partial charge in [-0.05, 0) is 31.2 Å². The Morgan fingerprint density at radius 3 is 2.33 bits per heavy atom. The van der Waals surface area contributed by atoms with Gasteiger partial charge in [0.05, 0.1) is 11.1 Å². The number of carbonyl (C=O) groups is 2. The standard InChI is InChI=1S/C16H12F2O3/c1-10(21-16(20)11-5-3-2-4-6-11)15(19)13-8-7-12(17)9-14(13)18/h2-10H,1H3/t10-/m0/s1. The van der Waals surface area contributed by atoms with E-state index < -0.39 is 29.5 Å². The summed E-state index contributed by atoms with van der Waals surface area (Å²) < 4.78 is 31.3. The fourth-order valence-electron chi connectivity index (χ4n) is 1.76. The number of carbonyl (C=O) groups excluding carboxylic acids is 2. The molecule has 0 fully saturated rings. The summed E-state index contributed by atoms with van der Waals surface area (Å²) in [5, 5.41) is 0. The number of esters is 1. The summed E-state index contributed by atoms with van der Waals surface area (Å²) in [6.45, 7) is 1.34. The second kappa shape index (κ2) is 6.26. The van der Waals surface area contributed by atoms with Gasteiger partial charge in [-0.2, -0.15) is 0 Å². The lowest BCUT2D eigenvalue weighted by molar-refractivity contribution is 0.0317. The first-order chi connectivity index (χ1) is 9.99. The van der Waals surface area contributed by atoms with E-state index >= 15 is 0 Å². The molecule has 2 aromatic carbocycles. The van der Waals surface area contributed by atoms with E-state index in [1.165, 1.54) is 19.1 Å². The first-order valence-corrected chi connectivity index (χ1v) is 6.24. The van der Waals surface area contributed by atoms with E-state index in [0.29, 0.717) is 6.07 Å². The number of halogens is 2. The zero-order valence-corrected chi connectivity index (χ0v) is 11.2. The topological polar surface area (TPSA) is 43.4 Å². The summed E-state index contributed by atoms with van der Waals surface area (Å²) in [5.74, 6) is -3.17. The summed E-state index contributed by atoms with van der Waals surface area (Å²) in [7, 11) is 0. The fourth-order valence-corrected chi connectivity index (χ4v) is 1.76. The Morgan fingerprint density at radius 2 is 1.71 bits per heavy atom. The van der Waals surface area contributed by atoms with Crippen LogP contribution in [-0.4, -0.2) is 17.9 Å². The van der Waals surface area contributed by atoms with Gasteiger partial charge in [-0.1, -0.05) is 18.2 Å². The van der Waals surface area contributed by atoms with Crippen LogP contribution in [0.15, 0.2) is 48.5 Å². The van der Waals surface area contributed by atoms with Crippen molar-refractivity contribution in [3.05, 3.63) is 71.3 Å². The van der Waals surface area contributed by atoms with E-state index in [1.807, 2.05) is 0 Å². The predicted octanol–water partition coefficient (Wildman–Crippen LogP) is 3.39. The van der Waals surface area contributed by atoms with E-state index in [1.54, 1.807) is 18.2 Å². The van der Waals surface area contributed by atoms with Crippen LogP contribution in [0.2, 0.25) is 0 Å². The molecule has 0 saturated carbocycles. The number of ketones is 1. The molecular weight excluding hydrogens is 278 g/mol. The molecule has 21 heavy (non-hydrogen) atoms. The average molecular weight is 290 g/mol. The minimum atomic E-state index is -1.17. The van der Waals surface area contributed by atoms with Crippen LogP contribution in [0.25, 0.3) is 0 Å². The van der Waals surface area contributed by atoms with Gasteiger partial charge in [0.25, 0.3) is 0 Å². The summed E-state index contributed by atoms with van der Waals surface area (Å²) in [6.07, 6.45) is -1.17. The van der Waals surface area contributed by atoms with Crippen LogP contribution < -0.4 is 0 Å². The number of rotatable bonds is 4. The lowest BCUT2D eigenvalue weighted by Crippen LogP contribution is -2.25. The predicted molar refractivity (Wildman–Crippen MR) is 72.0 cm³/mol. The number of Topliss-reactive ketones (excluding diaryl/α,β-unsaturated/α-hetero) is 1. The highest BCUT2D eigenvalue weighted by Crippen LogP contribution is 2.14. The molecule has 0 N–H and O–H groups in total. The van der Waals surface area contributed by atoms with Crippen LogP contribution in [0.1, 0.15) is 27.6 Å². The molecule has 0 radical (unpaired) electrons. The number of hydrogen-bond donors (Lipinski definition) is 0. The molecule has 2 aromatic rings. The molecule has 0 amide bonds. The summed E-state index contributed by atoms with van der Waals surface area (Å²) >= 11 is 0. The molecule has 0 spiro atoms. The molecule has 0 aromatic heterocycles. The van der Waals surface area contributed by atoms with Gasteiger partial charge < -0.3 is 4.74 Å². The third-order valence-corrected chi connectivity index (χ3v) is 2.86.